The number of thiophene rings is 1. The number of allylic oxidation sites excluding steroid dienone is 1. The Bertz CT molecular complexity index is 334. The van der Waals surface area contributed by atoms with E-state index in [4.69, 9.17) is 0 Å². The smallest absolute Gasteiger partial charge is 0.266 e. The average molecular weight is 179 g/mol. The van der Waals surface area contributed by atoms with Crippen LogP contribution >= 0.6 is 11.3 Å². The molecule has 0 aromatic carbocycles. The Kier molecular flexibility index (Phi) is 3.14. The normalized spacial score (nSPS) is 9.67. The van der Waals surface area contributed by atoms with Crippen molar-refractivity contribution in [3.8, 4) is 0 Å². The Morgan fingerprint density at radius 3 is 3.08 bits per heavy atom. The van der Waals surface area contributed by atoms with Gasteiger partial charge >= 0.3 is 0 Å². The highest BCUT2D eigenvalue weighted by Crippen LogP contribution is 2.09. The summed E-state index contributed by atoms with van der Waals surface area (Å²) >= 11 is 1.31. The van der Waals surface area contributed by atoms with Crippen molar-refractivity contribution in [2.24, 2.45) is 4.99 Å². The van der Waals surface area contributed by atoms with Gasteiger partial charge in [0, 0.05) is 12.3 Å². The van der Waals surface area contributed by atoms with Gasteiger partial charge in [-0.2, -0.15) is 0 Å². The molecule has 0 radical (unpaired) electrons. The number of amides is 1. The fourth-order valence-corrected chi connectivity index (χ4v) is 1.21. The Morgan fingerprint density at radius 2 is 2.50 bits per heavy atom. The van der Waals surface area contributed by atoms with E-state index in [9.17, 15) is 9.59 Å². The number of carbonyl (C=O) groups excluding carboxylic acids is 2. The van der Waals surface area contributed by atoms with Gasteiger partial charge < -0.3 is 0 Å². The van der Waals surface area contributed by atoms with Crippen LogP contribution in [0, 0.1) is 0 Å². The zero-order valence-electron chi connectivity index (χ0n) is 6.06. The summed E-state index contributed by atoms with van der Waals surface area (Å²) in [6, 6.07) is 3.44. The lowest BCUT2D eigenvalue weighted by atomic mass is 10.4. The molecule has 0 unspecified atom stereocenters. The van der Waals surface area contributed by atoms with Crippen molar-refractivity contribution >= 4 is 29.4 Å². The van der Waals surface area contributed by atoms with Crippen LogP contribution in [0.1, 0.15) is 9.67 Å². The second kappa shape index (κ2) is 4.38. The van der Waals surface area contributed by atoms with Crippen molar-refractivity contribution in [1.82, 2.24) is 0 Å². The van der Waals surface area contributed by atoms with Gasteiger partial charge in [-0.25, -0.2) is 9.79 Å². The van der Waals surface area contributed by atoms with E-state index in [0.29, 0.717) is 4.88 Å². The second-order valence-corrected chi connectivity index (χ2v) is 2.79. The van der Waals surface area contributed by atoms with E-state index in [0.717, 1.165) is 12.3 Å². The predicted octanol–water partition coefficient (Wildman–Crippen LogP) is 1.35. The molecule has 0 aliphatic heterocycles. The minimum Gasteiger partial charge on any atom is -0.266 e. The van der Waals surface area contributed by atoms with Crippen LogP contribution in [0.5, 0.6) is 0 Å². The minimum atomic E-state index is -0.337. The third-order valence-electron chi connectivity index (χ3n) is 1.07. The van der Waals surface area contributed by atoms with Gasteiger partial charge in [-0.05, 0) is 11.4 Å². The van der Waals surface area contributed by atoms with Crippen LogP contribution in [-0.2, 0) is 4.79 Å². The highest BCUT2D eigenvalue weighted by molar-refractivity contribution is 7.12. The molecule has 60 valence electrons. The van der Waals surface area contributed by atoms with Crippen LogP contribution in [0.2, 0.25) is 0 Å². The SMILES string of the molecule is O=C=CC=NC(=O)c1cccs1. The molecule has 1 aromatic rings. The molecule has 0 bridgehead atoms. The van der Waals surface area contributed by atoms with E-state index in [1.165, 1.54) is 17.3 Å². The van der Waals surface area contributed by atoms with E-state index in [-0.39, 0.29) is 5.91 Å². The summed E-state index contributed by atoms with van der Waals surface area (Å²) in [5.41, 5.74) is 0. The van der Waals surface area contributed by atoms with Gasteiger partial charge in [-0.3, -0.25) is 4.79 Å². The van der Waals surface area contributed by atoms with Crippen molar-refractivity contribution in [3.63, 3.8) is 0 Å². The zero-order valence-corrected chi connectivity index (χ0v) is 6.88. The Labute approximate surface area is 73.1 Å². The molecule has 0 saturated carbocycles. The van der Waals surface area contributed by atoms with Crippen LogP contribution in [0.25, 0.3) is 0 Å². The quantitative estimate of drug-likeness (QED) is 0.508. The van der Waals surface area contributed by atoms with Gasteiger partial charge in [-0.1, -0.05) is 6.07 Å². The average Bonchev–Trinajstić information content (AvgIpc) is 2.56. The lowest BCUT2D eigenvalue weighted by molar-refractivity contribution is 0.101. The molecular formula is C8H5NO2S. The highest BCUT2D eigenvalue weighted by Gasteiger charge is 2.01. The molecular weight excluding hydrogens is 174 g/mol. The van der Waals surface area contributed by atoms with E-state index in [1.54, 1.807) is 17.5 Å². The third-order valence-corrected chi connectivity index (χ3v) is 1.92. The summed E-state index contributed by atoms with van der Waals surface area (Å²) in [7, 11) is 0. The molecule has 1 rings (SSSR count). The van der Waals surface area contributed by atoms with E-state index < -0.39 is 0 Å². The van der Waals surface area contributed by atoms with Gasteiger partial charge in [0.05, 0.1) is 4.88 Å². The molecule has 0 aliphatic rings. The van der Waals surface area contributed by atoms with Gasteiger partial charge in [0.1, 0.15) is 5.94 Å². The Morgan fingerprint density at radius 1 is 1.67 bits per heavy atom. The van der Waals surface area contributed by atoms with Gasteiger partial charge in [0.15, 0.2) is 0 Å². The molecule has 3 nitrogen and oxygen atoms in total. The van der Waals surface area contributed by atoms with E-state index in [1.807, 2.05) is 0 Å². The first kappa shape index (κ1) is 8.59. The van der Waals surface area contributed by atoms with Gasteiger partial charge in [0.25, 0.3) is 5.91 Å². The highest BCUT2D eigenvalue weighted by atomic mass is 32.1. The number of hydrogen-bond acceptors (Lipinski definition) is 3. The number of aliphatic imine (C=N–C) groups is 1. The summed E-state index contributed by atoms with van der Waals surface area (Å²) in [6.07, 6.45) is 2.18. The molecule has 0 saturated heterocycles. The zero-order chi connectivity index (χ0) is 8.81. The first-order valence-corrected chi connectivity index (χ1v) is 4.04. The van der Waals surface area contributed by atoms with Gasteiger partial charge in [-0.15, -0.1) is 11.3 Å². The molecule has 1 heterocycles. The third kappa shape index (κ3) is 2.27. The molecule has 12 heavy (non-hydrogen) atoms. The molecule has 1 amide bonds. The van der Waals surface area contributed by atoms with E-state index >= 15 is 0 Å². The van der Waals surface area contributed by atoms with Crippen molar-refractivity contribution in [2.45, 2.75) is 0 Å². The fraction of sp³-hybridized carbons (Fsp3) is 0. The van der Waals surface area contributed by atoms with Crippen LogP contribution in [-0.4, -0.2) is 18.1 Å². The molecule has 4 heteroatoms. The first-order chi connectivity index (χ1) is 5.84. The molecule has 0 aliphatic carbocycles. The lowest BCUT2D eigenvalue weighted by Gasteiger charge is -1.83. The maximum Gasteiger partial charge on any atom is 0.287 e. The summed E-state index contributed by atoms with van der Waals surface area (Å²) in [6.45, 7) is 0. The summed E-state index contributed by atoms with van der Waals surface area (Å²) in [5.74, 6) is 1.16. The van der Waals surface area contributed by atoms with Crippen LogP contribution in [0.3, 0.4) is 0 Å². The van der Waals surface area contributed by atoms with Crippen molar-refractivity contribution in [2.75, 3.05) is 0 Å². The lowest BCUT2D eigenvalue weighted by Crippen LogP contribution is -1.89. The first-order valence-electron chi connectivity index (χ1n) is 3.16. The van der Waals surface area contributed by atoms with Crippen molar-refractivity contribution in [1.29, 1.82) is 0 Å². The predicted molar refractivity (Wildman–Crippen MR) is 47.4 cm³/mol. The molecule has 1 aromatic heterocycles. The standard InChI is InChI=1S/C8H5NO2S/c10-5-2-4-9-8(11)7-3-1-6-12-7/h1-4,6H. The molecule has 0 atom stereocenters. The van der Waals surface area contributed by atoms with Crippen LogP contribution in [0.4, 0.5) is 0 Å². The number of hydrogen-bond donors (Lipinski definition) is 0. The topological polar surface area (TPSA) is 46.5 Å². The van der Waals surface area contributed by atoms with Gasteiger partial charge in [0.2, 0.25) is 0 Å². The largest absolute Gasteiger partial charge is 0.287 e. The fourth-order valence-electron chi connectivity index (χ4n) is 0.599. The Hall–Kier alpha value is -1.51. The Balaban J connectivity index is 2.67. The molecule has 0 fully saturated rings. The number of nitrogens with zero attached hydrogens (tertiary/aromatic N) is 1. The van der Waals surface area contributed by atoms with Crippen molar-refractivity contribution in [3.05, 3.63) is 28.5 Å². The van der Waals surface area contributed by atoms with E-state index in [2.05, 4.69) is 4.99 Å². The minimum absolute atomic E-state index is 0.337. The summed E-state index contributed by atoms with van der Waals surface area (Å²) in [5, 5.41) is 1.79. The number of rotatable bonds is 2. The van der Waals surface area contributed by atoms with Crippen LogP contribution in [0.15, 0.2) is 28.6 Å². The molecule has 0 N–H and O–H groups in total. The van der Waals surface area contributed by atoms with Crippen LogP contribution < -0.4 is 0 Å². The summed E-state index contributed by atoms with van der Waals surface area (Å²) in [4.78, 5) is 24.8. The summed E-state index contributed by atoms with van der Waals surface area (Å²) < 4.78 is 0. The molecule has 0 spiro atoms. The maximum absolute atomic E-state index is 11.0. The van der Waals surface area contributed by atoms with Crippen molar-refractivity contribution < 1.29 is 9.59 Å². The maximum atomic E-state index is 11.0. The number of carbonyl (C=O) groups is 1. The second-order valence-electron chi connectivity index (χ2n) is 1.85. The monoisotopic (exact) mass is 179 g/mol.